The summed E-state index contributed by atoms with van der Waals surface area (Å²) < 4.78 is 11.1. The molecule has 23 heavy (non-hydrogen) atoms. The van der Waals surface area contributed by atoms with Gasteiger partial charge in [-0.25, -0.2) is 4.79 Å². The number of aromatic nitrogens is 1. The van der Waals surface area contributed by atoms with Crippen molar-refractivity contribution in [3.8, 4) is 5.75 Å². The third kappa shape index (κ3) is 4.55. The van der Waals surface area contributed by atoms with Gasteiger partial charge in [0.25, 0.3) is 0 Å². The average Bonchev–Trinajstić information content (AvgIpc) is 2.56. The molecule has 1 saturated carbocycles. The Morgan fingerprint density at radius 1 is 1.09 bits per heavy atom. The summed E-state index contributed by atoms with van der Waals surface area (Å²) in [5.41, 5.74) is 1.77. The van der Waals surface area contributed by atoms with Crippen LogP contribution in [0.25, 0.3) is 0 Å². The minimum Gasteiger partial charge on any atom is -0.490 e. The van der Waals surface area contributed by atoms with Crippen LogP contribution in [-0.4, -0.2) is 23.7 Å². The molecular formula is C19H21NO3. The van der Waals surface area contributed by atoms with Crippen LogP contribution in [0.4, 0.5) is 0 Å². The Bertz CT molecular complexity index is 621. The maximum Gasteiger partial charge on any atom is 0.338 e. The number of benzene rings is 1. The molecule has 0 aliphatic heterocycles. The molecular weight excluding hydrogens is 290 g/mol. The van der Waals surface area contributed by atoms with Gasteiger partial charge in [0, 0.05) is 12.4 Å². The zero-order valence-electron chi connectivity index (χ0n) is 13.1. The average molecular weight is 311 g/mol. The van der Waals surface area contributed by atoms with Crippen LogP contribution in [0.3, 0.4) is 0 Å². The van der Waals surface area contributed by atoms with Gasteiger partial charge in [0.15, 0.2) is 0 Å². The quantitative estimate of drug-likeness (QED) is 0.576. The van der Waals surface area contributed by atoms with Gasteiger partial charge in [0.1, 0.15) is 5.75 Å². The van der Waals surface area contributed by atoms with Crippen molar-refractivity contribution in [2.24, 2.45) is 0 Å². The molecule has 1 aromatic carbocycles. The van der Waals surface area contributed by atoms with E-state index in [1.54, 1.807) is 24.5 Å². The first-order chi connectivity index (χ1) is 11.3. The van der Waals surface area contributed by atoms with Crippen LogP contribution in [0.2, 0.25) is 0 Å². The third-order valence-electron chi connectivity index (χ3n) is 4.04. The summed E-state index contributed by atoms with van der Waals surface area (Å²) in [6.45, 7) is 0.418. The van der Waals surface area contributed by atoms with Crippen LogP contribution in [0, 0.1) is 0 Å². The van der Waals surface area contributed by atoms with E-state index >= 15 is 0 Å². The SMILES string of the molecule is O=C(OCCCc1ccncc1)c1ccc(OC2CCC2)cc1. The van der Waals surface area contributed by atoms with Gasteiger partial charge in [-0.2, -0.15) is 0 Å². The molecule has 0 radical (unpaired) electrons. The Hall–Kier alpha value is -2.36. The Balaban J connectivity index is 1.40. The molecule has 4 heteroatoms. The molecule has 1 aliphatic rings. The predicted molar refractivity (Wildman–Crippen MR) is 87.5 cm³/mol. The minimum atomic E-state index is -0.282. The molecule has 3 rings (SSSR count). The van der Waals surface area contributed by atoms with Crippen molar-refractivity contribution in [3.05, 3.63) is 59.9 Å². The Morgan fingerprint density at radius 2 is 1.83 bits per heavy atom. The summed E-state index contributed by atoms with van der Waals surface area (Å²) in [6.07, 6.45) is 9.07. The Morgan fingerprint density at radius 3 is 2.48 bits per heavy atom. The topological polar surface area (TPSA) is 48.4 Å². The number of esters is 1. The molecule has 0 unspecified atom stereocenters. The van der Waals surface area contributed by atoms with E-state index in [-0.39, 0.29) is 5.97 Å². The van der Waals surface area contributed by atoms with Crippen molar-refractivity contribution >= 4 is 5.97 Å². The maximum atomic E-state index is 12.0. The van der Waals surface area contributed by atoms with Crippen molar-refractivity contribution in [1.82, 2.24) is 4.98 Å². The number of hydrogen-bond acceptors (Lipinski definition) is 4. The summed E-state index contributed by atoms with van der Waals surface area (Å²) in [5.74, 6) is 0.541. The van der Waals surface area contributed by atoms with Crippen molar-refractivity contribution in [2.45, 2.75) is 38.2 Å². The molecule has 0 bridgehead atoms. The van der Waals surface area contributed by atoms with Crippen molar-refractivity contribution in [1.29, 1.82) is 0 Å². The molecule has 0 spiro atoms. The number of carbonyl (C=O) groups excluding carboxylic acids is 1. The van der Waals surface area contributed by atoms with E-state index in [2.05, 4.69) is 4.98 Å². The molecule has 1 fully saturated rings. The summed E-state index contributed by atoms with van der Waals surface area (Å²) in [6, 6.07) is 11.2. The number of pyridine rings is 1. The minimum absolute atomic E-state index is 0.282. The van der Waals surface area contributed by atoms with Crippen LogP contribution in [-0.2, 0) is 11.2 Å². The molecule has 2 aromatic rings. The smallest absolute Gasteiger partial charge is 0.338 e. The van der Waals surface area contributed by atoms with Crippen molar-refractivity contribution < 1.29 is 14.3 Å². The van der Waals surface area contributed by atoms with E-state index in [1.165, 1.54) is 12.0 Å². The fraction of sp³-hybridized carbons (Fsp3) is 0.368. The van der Waals surface area contributed by atoms with Gasteiger partial charge in [-0.1, -0.05) is 0 Å². The zero-order valence-corrected chi connectivity index (χ0v) is 13.1. The van der Waals surface area contributed by atoms with Gasteiger partial charge in [0.2, 0.25) is 0 Å². The normalized spacial score (nSPS) is 14.1. The van der Waals surface area contributed by atoms with E-state index in [0.717, 1.165) is 31.4 Å². The Labute approximate surface area is 136 Å². The van der Waals surface area contributed by atoms with Crippen LogP contribution in [0.15, 0.2) is 48.8 Å². The molecule has 0 N–H and O–H groups in total. The van der Waals surface area contributed by atoms with Crippen LogP contribution >= 0.6 is 0 Å². The van der Waals surface area contributed by atoms with Gasteiger partial charge in [-0.3, -0.25) is 4.98 Å². The van der Waals surface area contributed by atoms with Gasteiger partial charge < -0.3 is 9.47 Å². The monoisotopic (exact) mass is 311 g/mol. The molecule has 0 amide bonds. The molecule has 1 aromatic heterocycles. The lowest BCUT2D eigenvalue weighted by Gasteiger charge is -2.26. The zero-order chi connectivity index (χ0) is 15.9. The number of ether oxygens (including phenoxy) is 2. The van der Waals surface area contributed by atoms with E-state index in [4.69, 9.17) is 9.47 Å². The van der Waals surface area contributed by atoms with Crippen LogP contribution in [0.1, 0.15) is 41.6 Å². The molecule has 1 aliphatic carbocycles. The molecule has 0 saturated heterocycles. The highest BCUT2D eigenvalue weighted by Crippen LogP contribution is 2.25. The second-order valence-corrected chi connectivity index (χ2v) is 5.79. The number of nitrogens with zero attached hydrogens (tertiary/aromatic N) is 1. The number of hydrogen-bond donors (Lipinski definition) is 0. The molecule has 1 heterocycles. The molecule has 0 atom stereocenters. The second kappa shape index (κ2) is 7.77. The maximum absolute atomic E-state index is 12.0. The van der Waals surface area contributed by atoms with Crippen molar-refractivity contribution in [3.63, 3.8) is 0 Å². The first-order valence-corrected chi connectivity index (χ1v) is 8.14. The van der Waals surface area contributed by atoms with Crippen LogP contribution in [0.5, 0.6) is 5.75 Å². The summed E-state index contributed by atoms with van der Waals surface area (Å²) in [4.78, 5) is 16.0. The summed E-state index contributed by atoms with van der Waals surface area (Å²) in [5, 5.41) is 0. The van der Waals surface area contributed by atoms with Gasteiger partial charge in [0.05, 0.1) is 18.3 Å². The first-order valence-electron chi connectivity index (χ1n) is 8.14. The largest absolute Gasteiger partial charge is 0.490 e. The van der Waals surface area contributed by atoms with Gasteiger partial charge >= 0.3 is 5.97 Å². The second-order valence-electron chi connectivity index (χ2n) is 5.79. The number of rotatable bonds is 7. The Kier molecular flexibility index (Phi) is 5.25. The highest BCUT2D eigenvalue weighted by atomic mass is 16.5. The van der Waals surface area contributed by atoms with E-state index in [9.17, 15) is 4.79 Å². The lowest BCUT2D eigenvalue weighted by Crippen LogP contribution is -2.24. The lowest BCUT2D eigenvalue weighted by atomic mass is 9.96. The van der Waals surface area contributed by atoms with E-state index in [0.29, 0.717) is 18.3 Å². The standard InChI is InChI=1S/C19H21NO3/c21-19(22-14-2-3-15-10-12-20-13-11-15)16-6-8-18(9-7-16)23-17-4-1-5-17/h6-13,17H,1-5,14H2. The predicted octanol–water partition coefficient (Wildman–Crippen LogP) is 3.80. The lowest BCUT2D eigenvalue weighted by molar-refractivity contribution is 0.0500. The first kappa shape index (κ1) is 15.5. The van der Waals surface area contributed by atoms with E-state index in [1.807, 2.05) is 24.3 Å². The number of carbonyl (C=O) groups is 1. The highest BCUT2D eigenvalue weighted by Gasteiger charge is 2.19. The molecule has 4 nitrogen and oxygen atoms in total. The van der Waals surface area contributed by atoms with Crippen molar-refractivity contribution in [2.75, 3.05) is 6.61 Å². The summed E-state index contributed by atoms with van der Waals surface area (Å²) in [7, 11) is 0. The fourth-order valence-electron chi connectivity index (χ4n) is 2.42. The third-order valence-corrected chi connectivity index (χ3v) is 4.04. The highest BCUT2D eigenvalue weighted by molar-refractivity contribution is 5.89. The summed E-state index contributed by atoms with van der Waals surface area (Å²) >= 11 is 0. The van der Waals surface area contributed by atoms with Gasteiger partial charge in [-0.15, -0.1) is 0 Å². The van der Waals surface area contributed by atoms with Gasteiger partial charge in [-0.05, 0) is 74.1 Å². The molecule has 120 valence electrons. The van der Waals surface area contributed by atoms with Crippen LogP contribution < -0.4 is 4.74 Å². The fourth-order valence-corrected chi connectivity index (χ4v) is 2.42. The van der Waals surface area contributed by atoms with E-state index < -0.39 is 0 Å². The number of aryl methyl sites for hydroxylation is 1.